The maximum Gasteiger partial charge on any atom is 0.433 e. The van der Waals surface area contributed by atoms with Gasteiger partial charge in [0.15, 0.2) is 6.10 Å². The fourth-order valence-electron chi connectivity index (χ4n) is 4.09. The van der Waals surface area contributed by atoms with Gasteiger partial charge in [-0.2, -0.15) is 13.2 Å². The third-order valence-corrected chi connectivity index (χ3v) is 6.39. The molecular weight excluding hydrogens is 531 g/mol. The number of carbonyl (C=O) groups is 1. The SMILES string of the molecule is C[C@@H](NC(=O)c1cc(C2=NOC(c3ccccn3)C2)cc(-c2ccc(Cl)cn2)c1)c1ccc(C(F)(F)F)nc1. The third-order valence-electron chi connectivity index (χ3n) is 6.16. The Kier molecular flexibility index (Phi) is 7.30. The van der Waals surface area contributed by atoms with Gasteiger partial charge in [0.25, 0.3) is 5.91 Å². The highest BCUT2D eigenvalue weighted by atomic mass is 35.5. The predicted molar refractivity (Wildman–Crippen MR) is 139 cm³/mol. The van der Waals surface area contributed by atoms with Crippen LogP contribution in [0, 0.1) is 0 Å². The zero-order chi connectivity index (χ0) is 27.6. The van der Waals surface area contributed by atoms with Crippen LogP contribution in [-0.4, -0.2) is 26.6 Å². The van der Waals surface area contributed by atoms with Gasteiger partial charge in [-0.1, -0.05) is 28.9 Å². The first-order chi connectivity index (χ1) is 18.7. The molecule has 1 aromatic carbocycles. The van der Waals surface area contributed by atoms with Gasteiger partial charge < -0.3 is 10.2 Å². The molecule has 198 valence electrons. The Morgan fingerprint density at radius 1 is 1.03 bits per heavy atom. The van der Waals surface area contributed by atoms with Crippen LogP contribution in [0.4, 0.5) is 13.2 Å². The number of aromatic nitrogens is 3. The average Bonchev–Trinajstić information content (AvgIpc) is 3.44. The number of nitrogens with one attached hydrogen (secondary N) is 1. The number of carbonyl (C=O) groups excluding carboxylic acids is 1. The van der Waals surface area contributed by atoms with Gasteiger partial charge in [-0.15, -0.1) is 0 Å². The summed E-state index contributed by atoms with van der Waals surface area (Å²) in [5.74, 6) is -0.430. The zero-order valence-electron chi connectivity index (χ0n) is 20.5. The molecule has 39 heavy (non-hydrogen) atoms. The normalized spacial score (nSPS) is 15.8. The van der Waals surface area contributed by atoms with Gasteiger partial charge in [0.2, 0.25) is 0 Å². The van der Waals surface area contributed by atoms with E-state index in [0.29, 0.717) is 45.1 Å². The van der Waals surface area contributed by atoms with Gasteiger partial charge in [-0.25, -0.2) is 0 Å². The molecule has 0 radical (unpaired) electrons. The van der Waals surface area contributed by atoms with Crippen molar-refractivity contribution in [2.45, 2.75) is 31.7 Å². The molecule has 1 N–H and O–H groups in total. The molecule has 4 heterocycles. The van der Waals surface area contributed by atoms with Gasteiger partial charge in [0, 0.05) is 41.7 Å². The fourth-order valence-corrected chi connectivity index (χ4v) is 4.20. The van der Waals surface area contributed by atoms with E-state index in [-0.39, 0.29) is 6.10 Å². The van der Waals surface area contributed by atoms with Crippen molar-refractivity contribution in [1.82, 2.24) is 20.3 Å². The first-order valence-corrected chi connectivity index (χ1v) is 12.3. The van der Waals surface area contributed by atoms with E-state index in [0.717, 1.165) is 18.0 Å². The van der Waals surface area contributed by atoms with Crippen LogP contribution in [0.1, 0.15) is 58.4 Å². The van der Waals surface area contributed by atoms with E-state index in [9.17, 15) is 18.0 Å². The second kappa shape index (κ2) is 10.8. The maximum atomic E-state index is 13.3. The summed E-state index contributed by atoms with van der Waals surface area (Å²) in [6.07, 6.45) is -0.156. The van der Waals surface area contributed by atoms with Crippen molar-refractivity contribution in [1.29, 1.82) is 0 Å². The van der Waals surface area contributed by atoms with Crippen molar-refractivity contribution >= 4 is 23.2 Å². The number of halogens is 4. The van der Waals surface area contributed by atoms with Crippen LogP contribution in [-0.2, 0) is 11.0 Å². The summed E-state index contributed by atoms with van der Waals surface area (Å²) in [6.45, 7) is 1.67. The second-order valence-corrected chi connectivity index (χ2v) is 9.36. The van der Waals surface area contributed by atoms with Crippen LogP contribution < -0.4 is 5.32 Å². The molecule has 0 bridgehead atoms. The van der Waals surface area contributed by atoms with Crippen LogP contribution in [0.3, 0.4) is 0 Å². The lowest BCUT2D eigenvalue weighted by Crippen LogP contribution is -2.27. The molecule has 0 aliphatic carbocycles. The Morgan fingerprint density at radius 2 is 1.85 bits per heavy atom. The number of hydrogen-bond acceptors (Lipinski definition) is 6. The van der Waals surface area contributed by atoms with Gasteiger partial charge in [0.05, 0.1) is 28.2 Å². The smallest absolute Gasteiger partial charge is 0.385 e. The lowest BCUT2D eigenvalue weighted by molar-refractivity contribution is -0.141. The Morgan fingerprint density at radius 3 is 2.51 bits per heavy atom. The molecule has 5 rings (SSSR count). The monoisotopic (exact) mass is 551 g/mol. The number of pyridine rings is 3. The Bertz CT molecular complexity index is 1510. The van der Waals surface area contributed by atoms with E-state index < -0.39 is 23.8 Å². The molecule has 3 aromatic heterocycles. The van der Waals surface area contributed by atoms with E-state index in [2.05, 4.69) is 25.4 Å². The predicted octanol–water partition coefficient (Wildman–Crippen LogP) is 6.57. The van der Waals surface area contributed by atoms with Crippen molar-refractivity contribution < 1.29 is 22.8 Å². The summed E-state index contributed by atoms with van der Waals surface area (Å²) >= 11 is 6.00. The van der Waals surface area contributed by atoms with Crippen molar-refractivity contribution in [2.75, 3.05) is 0 Å². The maximum absolute atomic E-state index is 13.3. The first kappa shape index (κ1) is 26.3. The molecule has 1 amide bonds. The molecule has 1 unspecified atom stereocenters. The van der Waals surface area contributed by atoms with E-state index >= 15 is 0 Å². The highest BCUT2D eigenvalue weighted by molar-refractivity contribution is 6.30. The summed E-state index contributed by atoms with van der Waals surface area (Å²) < 4.78 is 38.6. The molecule has 0 saturated heterocycles. The standard InChI is InChI=1S/C28H21ClF3N5O2/c1-16(17-5-8-26(35-14-17)28(30,31)32)36-27(38)20-11-18(22-7-6-21(29)15-34-22)10-19(12-20)24-13-25(39-37-24)23-4-2-3-9-33-23/h2-12,14-16,25H,13H2,1H3,(H,36,38)/t16-,25?/m1/s1. The third kappa shape index (κ3) is 6.06. The van der Waals surface area contributed by atoms with Crippen LogP contribution >= 0.6 is 11.6 Å². The Labute approximate surface area is 226 Å². The molecule has 0 spiro atoms. The largest absolute Gasteiger partial charge is 0.433 e. The Hall–Kier alpha value is -4.31. The lowest BCUT2D eigenvalue weighted by Gasteiger charge is -2.16. The summed E-state index contributed by atoms with van der Waals surface area (Å²) in [4.78, 5) is 31.1. The van der Waals surface area contributed by atoms with Crippen LogP contribution in [0.5, 0.6) is 0 Å². The number of nitrogens with zero attached hydrogens (tertiary/aromatic N) is 4. The van der Waals surface area contributed by atoms with Gasteiger partial charge in [0.1, 0.15) is 5.69 Å². The van der Waals surface area contributed by atoms with Gasteiger partial charge >= 0.3 is 6.18 Å². The van der Waals surface area contributed by atoms with Crippen molar-refractivity contribution in [2.24, 2.45) is 5.16 Å². The summed E-state index contributed by atoms with van der Waals surface area (Å²) in [6, 6.07) is 15.8. The molecular formula is C28H21ClF3N5O2. The van der Waals surface area contributed by atoms with Crippen LogP contribution in [0.2, 0.25) is 5.02 Å². The topological polar surface area (TPSA) is 89.4 Å². The number of rotatable bonds is 6. The van der Waals surface area contributed by atoms with E-state index in [1.54, 1.807) is 37.4 Å². The zero-order valence-corrected chi connectivity index (χ0v) is 21.2. The summed E-state index contributed by atoms with van der Waals surface area (Å²) in [5, 5.41) is 7.55. The molecule has 0 saturated carbocycles. The lowest BCUT2D eigenvalue weighted by atomic mass is 9.96. The molecule has 0 fully saturated rings. The molecule has 4 aromatic rings. The number of alkyl halides is 3. The quantitative estimate of drug-likeness (QED) is 0.293. The minimum absolute atomic E-state index is 0.315. The molecule has 1 aliphatic rings. The molecule has 2 atom stereocenters. The van der Waals surface area contributed by atoms with Crippen LogP contribution in [0.25, 0.3) is 11.3 Å². The minimum atomic E-state index is -4.54. The summed E-state index contributed by atoms with van der Waals surface area (Å²) in [5.41, 5.74) is 3.03. The summed E-state index contributed by atoms with van der Waals surface area (Å²) in [7, 11) is 0. The number of amides is 1. The van der Waals surface area contributed by atoms with E-state index in [1.165, 1.54) is 12.3 Å². The van der Waals surface area contributed by atoms with Gasteiger partial charge in [-0.05, 0) is 61.0 Å². The van der Waals surface area contributed by atoms with Crippen LogP contribution in [0.15, 0.2) is 84.4 Å². The van der Waals surface area contributed by atoms with Gasteiger partial charge in [-0.3, -0.25) is 19.7 Å². The van der Waals surface area contributed by atoms with E-state index in [4.69, 9.17) is 16.4 Å². The van der Waals surface area contributed by atoms with Crippen molar-refractivity contribution in [3.63, 3.8) is 0 Å². The van der Waals surface area contributed by atoms with Crippen molar-refractivity contribution in [3.8, 4) is 11.3 Å². The second-order valence-electron chi connectivity index (χ2n) is 8.92. The number of benzene rings is 1. The molecule has 7 nitrogen and oxygen atoms in total. The highest BCUT2D eigenvalue weighted by Crippen LogP contribution is 2.31. The Balaban J connectivity index is 1.42. The minimum Gasteiger partial charge on any atom is -0.385 e. The van der Waals surface area contributed by atoms with E-state index in [1.807, 2.05) is 24.3 Å². The molecule has 11 heteroatoms. The number of oxime groups is 1. The number of hydrogen-bond donors (Lipinski definition) is 1. The molecule has 1 aliphatic heterocycles. The first-order valence-electron chi connectivity index (χ1n) is 11.9. The highest BCUT2D eigenvalue weighted by Gasteiger charge is 2.32. The fraction of sp³-hybridized carbons (Fsp3) is 0.179. The van der Waals surface area contributed by atoms with Crippen molar-refractivity contribution in [3.05, 3.63) is 112 Å². The average molecular weight is 552 g/mol.